The van der Waals surface area contributed by atoms with Gasteiger partial charge >= 0.3 is 0 Å². The van der Waals surface area contributed by atoms with Crippen molar-refractivity contribution in [3.8, 4) is 22.8 Å². The van der Waals surface area contributed by atoms with Crippen LogP contribution in [0, 0.1) is 13.8 Å². The lowest BCUT2D eigenvalue weighted by molar-refractivity contribution is 0.414. The van der Waals surface area contributed by atoms with Gasteiger partial charge in [0.1, 0.15) is 5.69 Å². The second-order valence-corrected chi connectivity index (χ2v) is 7.41. The molecule has 3 heteroatoms. The van der Waals surface area contributed by atoms with E-state index in [4.69, 9.17) is 5.10 Å². The van der Waals surface area contributed by atoms with Crippen LogP contribution in [0.15, 0.2) is 48.5 Å². The van der Waals surface area contributed by atoms with E-state index >= 15 is 0 Å². The fourth-order valence-corrected chi connectivity index (χ4v) is 2.88. The monoisotopic (exact) mass is 320 g/mol. The number of aromatic hydroxyl groups is 1. The number of rotatable bonds is 2. The number of hydrogen-bond donors (Lipinski definition) is 1. The van der Waals surface area contributed by atoms with Gasteiger partial charge in [-0.2, -0.15) is 5.10 Å². The normalized spacial score (nSPS) is 11.7. The minimum Gasteiger partial charge on any atom is -0.493 e. The molecule has 0 amide bonds. The van der Waals surface area contributed by atoms with E-state index in [1.54, 1.807) is 4.68 Å². The van der Waals surface area contributed by atoms with Crippen LogP contribution in [0.3, 0.4) is 0 Å². The molecule has 0 radical (unpaired) electrons. The second-order valence-electron chi connectivity index (χ2n) is 7.41. The lowest BCUT2D eigenvalue weighted by atomic mass is 9.85. The largest absolute Gasteiger partial charge is 0.493 e. The first-order valence-electron chi connectivity index (χ1n) is 8.24. The fraction of sp³-hybridized carbons (Fsp3) is 0.286. The Morgan fingerprint density at radius 1 is 0.833 bits per heavy atom. The third-order valence-electron chi connectivity index (χ3n) is 4.21. The summed E-state index contributed by atoms with van der Waals surface area (Å²) < 4.78 is 1.63. The Kier molecular flexibility index (Phi) is 3.96. The smallest absolute Gasteiger partial charge is 0.218 e. The SMILES string of the molecule is Cc1ccc(-c2nn(-c3ccc(C)cc3)c(O)c2C(C)(C)C)cc1. The van der Waals surface area contributed by atoms with Crippen LogP contribution >= 0.6 is 0 Å². The highest BCUT2D eigenvalue weighted by molar-refractivity contribution is 5.68. The van der Waals surface area contributed by atoms with Crippen LogP contribution < -0.4 is 0 Å². The third kappa shape index (κ3) is 2.94. The Bertz CT molecular complexity index is 851. The molecule has 0 unspecified atom stereocenters. The number of hydrogen-bond acceptors (Lipinski definition) is 2. The van der Waals surface area contributed by atoms with Crippen molar-refractivity contribution in [2.24, 2.45) is 0 Å². The molecule has 0 saturated carbocycles. The first-order valence-corrected chi connectivity index (χ1v) is 8.24. The number of benzene rings is 2. The van der Waals surface area contributed by atoms with Crippen molar-refractivity contribution in [1.82, 2.24) is 9.78 Å². The first kappa shape index (κ1) is 16.3. The predicted octanol–water partition coefficient (Wildman–Crippen LogP) is 5.16. The highest BCUT2D eigenvalue weighted by Gasteiger charge is 2.29. The third-order valence-corrected chi connectivity index (χ3v) is 4.21. The van der Waals surface area contributed by atoms with Crippen molar-refractivity contribution in [1.29, 1.82) is 0 Å². The Morgan fingerprint density at radius 3 is 1.83 bits per heavy atom. The zero-order valence-corrected chi connectivity index (χ0v) is 15.0. The van der Waals surface area contributed by atoms with Crippen LogP contribution in [0.2, 0.25) is 0 Å². The van der Waals surface area contributed by atoms with Gasteiger partial charge in [-0.3, -0.25) is 0 Å². The lowest BCUT2D eigenvalue weighted by Gasteiger charge is -2.19. The molecule has 0 atom stereocenters. The average molecular weight is 320 g/mol. The topological polar surface area (TPSA) is 38.0 Å². The Morgan fingerprint density at radius 2 is 1.33 bits per heavy atom. The molecule has 0 fully saturated rings. The summed E-state index contributed by atoms with van der Waals surface area (Å²) in [6, 6.07) is 16.3. The van der Waals surface area contributed by atoms with Crippen LogP contribution in [-0.2, 0) is 5.41 Å². The van der Waals surface area contributed by atoms with Gasteiger partial charge in [-0.1, -0.05) is 68.3 Å². The molecule has 24 heavy (non-hydrogen) atoms. The van der Waals surface area contributed by atoms with E-state index in [2.05, 4.69) is 52.0 Å². The molecule has 3 rings (SSSR count). The van der Waals surface area contributed by atoms with E-state index in [1.165, 1.54) is 11.1 Å². The summed E-state index contributed by atoms with van der Waals surface area (Å²) in [6.45, 7) is 10.4. The molecule has 2 aromatic carbocycles. The summed E-state index contributed by atoms with van der Waals surface area (Å²) in [5.41, 5.74) is 5.76. The van der Waals surface area contributed by atoms with E-state index in [0.29, 0.717) is 0 Å². The van der Waals surface area contributed by atoms with Crippen molar-refractivity contribution in [3.05, 3.63) is 65.2 Å². The first-order chi connectivity index (χ1) is 11.3. The molecule has 0 saturated heterocycles. The van der Waals surface area contributed by atoms with Gasteiger partial charge in [0.25, 0.3) is 0 Å². The van der Waals surface area contributed by atoms with Crippen molar-refractivity contribution < 1.29 is 5.11 Å². The van der Waals surface area contributed by atoms with E-state index in [0.717, 1.165) is 22.5 Å². The summed E-state index contributed by atoms with van der Waals surface area (Å²) >= 11 is 0. The molecule has 0 spiro atoms. The maximum absolute atomic E-state index is 10.9. The zero-order valence-electron chi connectivity index (χ0n) is 15.0. The molecule has 0 aliphatic heterocycles. The Hall–Kier alpha value is -2.55. The molecule has 1 aromatic heterocycles. The molecule has 1 heterocycles. The van der Waals surface area contributed by atoms with E-state index < -0.39 is 0 Å². The van der Waals surface area contributed by atoms with Crippen molar-refractivity contribution >= 4 is 0 Å². The second kappa shape index (κ2) is 5.82. The molecule has 1 N–H and O–H groups in total. The van der Waals surface area contributed by atoms with E-state index in [9.17, 15) is 5.11 Å². The van der Waals surface area contributed by atoms with Gasteiger partial charge < -0.3 is 5.11 Å². The highest BCUT2D eigenvalue weighted by atomic mass is 16.3. The maximum Gasteiger partial charge on any atom is 0.218 e. The highest BCUT2D eigenvalue weighted by Crippen LogP contribution is 2.40. The summed E-state index contributed by atoms with van der Waals surface area (Å²) in [4.78, 5) is 0. The minimum atomic E-state index is -0.215. The van der Waals surface area contributed by atoms with Gasteiger partial charge in [0, 0.05) is 11.1 Å². The molecule has 3 nitrogen and oxygen atoms in total. The van der Waals surface area contributed by atoms with Crippen LogP contribution in [0.5, 0.6) is 5.88 Å². The van der Waals surface area contributed by atoms with Gasteiger partial charge in [-0.05, 0) is 31.4 Å². The van der Waals surface area contributed by atoms with Gasteiger partial charge in [0.15, 0.2) is 0 Å². The van der Waals surface area contributed by atoms with Crippen molar-refractivity contribution in [3.63, 3.8) is 0 Å². The van der Waals surface area contributed by atoms with Gasteiger partial charge in [-0.15, -0.1) is 0 Å². The number of aryl methyl sites for hydroxylation is 2. The van der Waals surface area contributed by atoms with Crippen LogP contribution in [0.25, 0.3) is 16.9 Å². The molecule has 0 aliphatic rings. The summed E-state index contributed by atoms with van der Waals surface area (Å²) in [6.07, 6.45) is 0. The lowest BCUT2D eigenvalue weighted by Crippen LogP contribution is -2.12. The van der Waals surface area contributed by atoms with Crippen molar-refractivity contribution in [2.75, 3.05) is 0 Å². The zero-order chi connectivity index (χ0) is 17.5. The molecule has 0 bridgehead atoms. The molecule has 124 valence electrons. The van der Waals surface area contributed by atoms with E-state index in [-0.39, 0.29) is 11.3 Å². The average Bonchev–Trinajstić information content (AvgIpc) is 2.86. The predicted molar refractivity (Wildman–Crippen MR) is 98.8 cm³/mol. The number of aromatic nitrogens is 2. The molecule has 0 aliphatic carbocycles. The summed E-state index contributed by atoms with van der Waals surface area (Å²) in [5.74, 6) is 0.210. The van der Waals surface area contributed by atoms with Crippen LogP contribution in [0.4, 0.5) is 0 Å². The van der Waals surface area contributed by atoms with Gasteiger partial charge in [0.05, 0.1) is 5.69 Å². The minimum absolute atomic E-state index is 0.210. The van der Waals surface area contributed by atoms with Crippen LogP contribution in [-0.4, -0.2) is 14.9 Å². The molecular formula is C21H24N2O. The Labute approximate surface area is 143 Å². The Balaban J connectivity index is 2.23. The quantitative estimate of drug-likeness (QED) is 0.708. The molecular weight excluding hydrogens is 296 g/mol. The van der Waals surface area contributed by atoms with Gasteiger partial charge in [-0.25, -0.2) is 4.68 Å². The van der Waals surface area contributed by atoms with Gasteiger partial charge in [0.2, 0.25) is 5.88 Å². The molecule has 3 aromatic rings. The van der Waals surface area contributed by atoms with Crippen LogP contribution in [0.1, 0.15) is 37.5 Å². The van der Waals surface area contributed by atoms with Crippen molar-refractivity contribution in [2.45, 2.75) is 40.0 Å². The van der Waals surface area contributed by atoms with E-state index in [1.807, 2.05) is 31.2 Å². The standard InChI is InChI=1S/C21H24N2O/c1-14-6-10-16(11-7-14)19-18(21(3,4)5)20(24)23(22-19)17-12-8-15(2)9-13-17/h6-13,24H,1-5H3. The summed E-state index contributed by atoms with van der Waals surface area (Å²) in [5, 5.41) is 15.6. The summed E-state index contributed by atoms with van der Waals surface area (Å²) in [7, 11) is 0. The fourth-order valence-electron chi connectivity index (χ4n) is 2.88. The maximum atomic E-state index is 10.9. The number of nitrogens with zero attached hydrogens (tertiary/aromatic N) is 2.